The lowest BCUT2D eigenvalue weighted by atomic mass is 9.98. The van der Waals surface area contributed by atoms with Crippen LogP contribution in [0.3, 0.4) is 0 Å². The molecule has 0 spiro atoms. The van der Waals surface area contributed by atoms with E-state index in [9.17, 15) is 0 Å². The van der Waals surface area contributed by atoms with Crippen molar-refractivity contribution < 1.29 is 4.74 Å². The molecule has 1 fully saturated rings. The number of ether oxygens (including phenoxy) is 1. The summed E-state index contributed by atoms with van der Waals surface area (Å²) in [6, 6.07) is 0. The number of hydrogen-bond acceptors (Lipinski definition) is 4. The van der Waals surface area contributed by atoms with Crippen LogP contribution in [0.25, 0.3) is 0 Å². The van der Waals surface area contributed by atoms with Gasteiger partial charge in [-0.1, -0.05) is 19.3 Å². The molecule has 1 heterocycles. The summed E-state index contributed by atoms with van der Waals surface area (Å²) < 4.78 is 5.83. The molecular formula is C12H20N2OS. The minimum atomic E-state index is 0.508. The van der Waals surface area contributed by atoms with Crippen LogP contribution in [-0.4, -0.2) is 24.2 Å². The molecule has 1 aromatic rings. The summed E-state index contributed by atoms with van der Waals surface area (Å²) >= 11 is 1.66. The number of anilines is 1. The highest BCUT2D eigenvalue weighted by Crippen LogP contribution is 2.20. The molecule has 0 aromatic carbocycles. The molecule has 0 radical (unpaired) electrons. The maximum Gasteiger partial charge on any atom is 0.182 e. The Hall–Kier alpha value is -0.610. The van der Waals surface area contributed by atoms with Crippen LogP contribution in [-0.2, 0) is 4.74 Å². The fourth-order valence-corrected chi connectivity index (χ4v) is 2.77. The number of nitrogens with one attached hydrogen (secondary N) is 1. The lowest BCUT2D eigenvalue weighted by Gasteiger charge is -2.21. The van der Waals surface area contributed by atoms with E-state index in [-0.39, 0.29) is 0 Å². The van der Waals surface area contributed by atoms with Crippen LogP contribution in [0.5, 0.6) is 0 Å². The van der Waals surface area contributed by atoms with Gasteiger partial charge in [0.25, 0.3) is 0 Å². The molecular weight excluding hydrogens is 220 g/mol. The third-order valence-electron chi connectivity index (χ3n) is 2.90. The van der Waals surface area contributed by atoms with Crippen molar-refractivity contribution in [1.29, 1.82) is 0 Å². The Morgan fingerprint density at radius 2 is 2.25 bits per heavy atom. The van der Waals surface area contributed by atoms with Gasteiger partial charge in [-0.2, -0.15) is 0 Å². The van der Waals surface area contributed by atoms with Gasteiger partial charge >= 0.3 is 0 Å². The van der Waals surface area contributed by atoms with E-state index in [0.717, 1.165) is 24.0 Å². The third-order valence-corrected chi connectivity index (χ3v) is 3.82. The zero-order valence-corrected chi connectivity index (χ0v) is 10.7. The van der Waals surface area contributed by atoms with E-state index < -0.39 is 0 Å². The second kappa shape index (κ2) is 6.21. The molecule has 1 saturated carbocycles. The van der Waals surface area contributed by atoms with Gasteiger partial charge in [-0.05, 0) is 19.8 Å². The van der Waals surface area contributed by atoms with E-state index in [1.807, 2.05) is 6.92 Å². The van der Waals surface area contributed by atoms with Gasteiger partial charge in [0.2, 0.25) is 0 Å². The molecule has 16 heavy (non-hydrogen) atoms. The average Bonchev–Trinajstić information content (AvgIpc) is 2.72. The van der Waals surface area contributed by atoms with Crippen LogP contribution >= 0.6 is 11.3 Å². The van der Waals surface area contributed by atoms with Crippen LogP contribution in [0, 0.1) is 6.92 Å². The summed E-state index contributed by atoms with van der Waals surface area (Å²) in [5, 5.41) is 6.35. The predicted octanol–water partition coefficient (Wildman–Crippen LogP) is 3.21. The molecule has 0 amide bonds. The average molecular weight is 240 g/mol. The lowest BCUT2D eigenvalue weighted by molar-refractivity contribution is 0.0347. The fraction of sp³-hybridized carbons (Fsp3) is 0.750. The monoisotopic (exact) mass is 240 g/mol. The summed E-state index contributed by atoms with van der Waals surface area (Å²) in [4.78, 5) is 4.35. The standard InChI is InChI=1S/C12H20N2OS/c1-10-9-16-12(14-10)13-7-8-15-11-5-3-2-4-6-11/h9,11H,2-8H2,1H3,(H,13,14). The van der Waals surface area contributed by atoms with Crippen molar-refractivity contribution in [1.82, 2.24) is 4.98 Å². The van der Waals surface area contributed by atoms with Crippen LogP contribution in [0.4, 0.5) is 5.13 Å². The number of hydrogen-bond donors (Lipinski definition) is 1. The number of nitrogens with zero attached hydrogens (tertiary/aromatic N) is 1. The van der Waals surface area contributed by atoms with Gasteiger partial charge in [0.15, 0.2) is 5.13 Å². The molecule has 3 nitrogen and oxygen atoms in total. The van der Waals surface area contributed by atoms with Crippen molar-refractivity contribution in [2.24, 2.45) is 0 Å². The Morgan fingerprint density at radius 1 is 1.44 bits per heavy atom. The molecule has 4 heteroatoms. The molecule has 1 aliphatic carbocycles. The topological polar surface area (TPSA) is 34.1 Å². The third kappa shape index (κ3) is 3.76. The first-order valence-electron chi connectivity index (χ1n) is 6.12. The Labute approximate surface area is 101 Å². The molecule has 0 aliphatic heterocycles. The number of thiazole rings is 1. The highest BCUT2D eigenvalue weighted by molar-refractivity contribution is 7.13. The number of aryl methyl sites for hydroxylation is 1. The molecule has 1 N–H and O–H groups in total. The SMILES string of the molecule is Cc1csc(NCCOC2CCCCC2)n1. The van der Waals surface area contributed by atoms with Gasteiger partial charge in [0, 0.05) is 11.9 Å². The quantitative estimate of drug-likeness (QED) is 0.802. The predicted molar refractivity (Wildman–Crippen MR) is 68.2 cm³/mol. The Balaban J connectivity index is 1.57. The lowest BCUT2D eigenvalue weighted by Crippen LogP contribution is -2.20. The van der Waals surface area contributed by atoms with Crippen molar-refractivity contribution in [2.45, 2.75) is 45.1 Å². The molecule has 0 saturated heterocycles. The van der Waals surface area contributed by atoms with Crippen molar-refractivity contribution in [2.75, 3.05) is 18.5 Å². The first-order chi connectivity index (χ1) is 7.84. The number of rotatable bonds is 5. The van der Waals surface area contributed by atoms with E-state index in [2.05, 4.69) is 15.7 Å². The summed E-state index contributed by atoms with van der Waals surface area (Å²) in [6.07, 6.45) is 7.06. The van der Waals surface area contributed by atoms with Crippen LogP contribution in [0.15, 0.2) is 5.38 Å². The van der Waals surface area contributed by atoms with E-state index >= 15 is 0 Å². The fourth-order valence-electron chi connectivity index (χ4n) is 2.05. The van der Waals surface area contributed by atoms with E-state index in [1.165, 1.54) is 32.1 Å². The van der Waals surface area contributed by atoms with E-state index in [0.29, 0.717) is 6.10 Å². The van der Waals surface area contributed by atoms with Crippen molar-refractivity contribution in [3.8, 4) is 0 Å². The molecule has 0 bridgehead atoms. The highest BCUT2D eigenvalue weighted by Gasteiger charge is 2.12. The first kappa shape index (κ1) is 11.9. The summed E-state index contributed by atoms with van der Waals surface area (Å²) in [6.45, 7) is 3.67. The molecule has 0 atom stereocenters. The zero-order chi connectivity index (χ0) is 11.2. The summed E-state index contributed by atoms with van der Waals surface area (Å²) in [5.41, 5.74) is 1.08. The van der Waals surface area contributed by atoms with Gasteiger partial charge in [-0.25, -0.2) is 4.98 Å². The normalized spacial score (nSPS) is 17.6. The van der Waals surface area contributed by atoms with Crippen molar-refractivity contribution >= 4 is 16.5 Å². The first-order valence-corrected chi connectivity index (χ1v) is 7.00. The van der Waals surface area contributed by atoms with Gasteiger partial charge in [-0.15, -0.1) is 11.3 Å². The van der Waals surface area contributed by atoms with E-state index in [1.54, 1.807) is 11.3 Å². The molecule has 2 rings (SSSR count). The molecule has 1 aliphatic rings. The molecule has 1 aromatic heterocycles. The molecule has 90 valence electrons. The maximum absolute atomic E-state index is 5.83. The Bertz CT molecular complexity index is 308. The summed E-state index contributed by atoms with van der Waals surface area (Å²) in [7, 11) is 0. The van der Waals surface area contributed by atoms with Crippen LogP contribution in [0.1, 0.15) is 37.8 Å². The Morgan fingerprint density at radius 3 is 2.94 bits per heavy atom. The van der Waals surface area contributed by atoms with Crippen molar-refractivity contribution in [3.63, 3.8) is 0 Å². The second-order valence-electron chi connectivity index (χ2n) is 4.35. The minimum Gasteiger partial charge on any atom is -0.376 e. The molecule has 0 unspecified atom stereocenters. The zero-order valence-electron chi connectivity index (χ0n) is 9.87. The van der Waals surface area contributed by atoms with Gasteiger partial charge in [-0.3, -0.25) is 0 Å². The van der Waals surface area contributed by atoms with Crippen LogP contribution < -0.4 is 5.32 Å². The van der Waals surface area contributed by atoms with Gasteiger partial charge < -0.3 is 10.1 Å². The van der Waals surface area contributed by atoms with E-state index in [4.69, 9.17) is 4.74 Å². The maximum atomic E-state index is 5.83. The van der Waals surface area contributed by atoms with Crippen LogP contribution in [0.2, 0.25) is 0 Å². The highest BCUT2D eigenvalue weighted by atomic mass is 32.1. The van der Waals surface area contributed by atoms with Crippen molar-refractivity contribution in [3.05, 3.63) is 11.1 Å². The Kier molecular flexibility index (Phi) is 4.60. The van der Waals surface area contributed by atoms with Gasteiger partial charge in [0.05, 0.1) is 18.4 Å². The van der Waals surface area contributed by atoms with Gasteiger partial charge in [0.1, 0.15) is 0 Å². The number of aromatic nitrogens is 1. The summed E-state index contributed by atoms with van der Waals surface area (Å²) in [5.74, 6) is 0. The second-order valence-corrected chi connectivity index (χ2v) is 5.21. The largest absolute Gasteiger partial charge is 0.376 e. The smallest absolute Gasteiger partial charge is 0.182 e. The minimum absolute atomic E-state index is 0.508.